The lowest BCUT2D eigenvalue weighted by Crippen LogP contribution is -2.15. The summed E-state index contributed by atoms with van der Waals surface area (Å²) >= 11 is 0. The number of hydrogen-bond acceptors (Lipinski definition) is 6. The molecule has 0 radical (unpaired) electrons. The van der Waals surface area contributed by atoms with Crippen LogP contribution in [-0.4, -0.2) is 30.3 Å². The number of pyridine rings is 1. The minimum atomic E-state index is -0.355. The number of carbonyl (C=O) groups is 1. The third kappa shape index (κ3) is 2.56. The molecule has 20 heavy (non-hydrogen) atoms. The second-order valence-corrected chi connectivity index (χ2v) is 4.06. The Morgan fingerprint density at radius 3 is 2.55 bits per heavy atom. The van der Waals surface area contributed by atoms with Crippen LogP contribution in [0.1, 0.15) is 21.8 Å². The van der Waals surface area contributed by atoms with Gasteiger partial charge in [-0.05, 0) is 19.9 Å². The Hall–Kier alpha value is -2.57. The number of aryl methyl sites for hydroxylation is 2. The number of anilines is 1. The van der Waals surface area contributed by atoms with Crippen molar-refractivity contribution in [2.75, 3.05) is 19.5 Å². The van der Waals surface area contributed by atoms with Gasteiger partial charge in [-0.15, -0.1) is 0 Å². The minimum absolute atomic E-state index is 0.189. The van der Waals surface area contributed by atoms with E-state index in [1.54, 1.807) is 26.0 Å². The molecule has 0 aliphatic rings. The number of carbonyl (C=O) groups excluding carboxylic acids is 1. The molecule has 7 heteroatoms. The molecule has 0 bridgehead atoms. The normalized spacial score (nSPS) is 10.2. The highest BCUT2D eigenvalue weighted by Gasteiger charge is 2.18. The van der Waals surface area contributed by atoms with Crippen molar-refractivity contribution in [1.29, 1.82) is 0 Å². The van der Waals surface area contributed by atoms with Crippen LogP contribution in [0.3, 0.4) is 0 Å². The van der Waals surface area contributed by atoms with Crippen molar-refractivity contribution < 1.29 is 18.8 Å². The summed E-state index contributed by atoms with van der Waals surface area (Å²) in [6.45, 7) is 3.47. The molecular weight excluding hydrogens is 262 g/mol. The molecule has 2 heterocycles. The Bertz CT molecular complexity index is 617. The third-order valence-electron chi connectivity index (χ3n) is 2.75. The molecule has 0 aliphatic heterocycles. The van der Waals surface area contributed by atoms with Crippen LogP contribution in [0, 0.1) is 13.8 Å². The zero-order valence-corrected chi connectivity index (χ0v) is 11.7. The molecule has 0 aliphatic carbocycles. The lowest BCUT2D eigenvalue weighted by Gasteiger charge is -2.09. The third-order valence-corrected chi connectivity index (χ3v) is 2.75. The average molecular weight is 277 g/mol. The topological polar surface area (TPSA) is 86.5 Å². The first-order valence-electron chi connectivity index (χ1n) is 5.90. The number of nitrogens with zero attached hydrogens (tertiary/aromatic N) is 2. The molecule has 2 aromatic rings. The Labute approximate surface area is 115 Å². The van der Waals surface area contributed by atoms with Gasteiger partial charge in [0.15, 0.2) is 5.76 Å². The van der Waals surface area contributed by atoms with Crippen LogP contribution in [0.25, 0.3) is 0 Å². The summed E-state index contributed by atoms with van der Waals surface area (Å²) < 4.78 is 15.1. The van der Waals surface area contributed by atoms with Gasteiger partial charge in [-0.3, -0.25) is 4.79 Å². The van der Waals surface area contributed by atoms with E-state index in [2.05, 4.69) is 15.5 Å². The lowest BCUT2D eigenvalue weighted by atomic mass is 10.2. The summed E-state index contributed by atoms with van der Waals surface area (Å²) in [4.78, 5) is 16.3. The van der Waals surface area contributed by atoms with Crippen molar-refractivity contribution in [3.63, 3.8) is 0 Å². The van der Waals surface area contributed by atoms with Crippen LogP contribution in [0.4, 0.5) is 5.69 Å². The monoisotopic (exact) mass is 277 g/mol. The Morgan fingerprint density at radius 1 is 1.25 bits per heavy atom. The van der Waals surface area contributed by atoms with Crippen LogP contribution in [0.2, 0.25) is 0 Å². The van der Waals surface area contributed by atoms with E-state index in [9.17, 15) is 4.79 Å². The van der Waals surface area contributed by atoms with Gasteiger partial charge in [0.2, 0.25) is 11.8 Å². The summed E-state index contributed by atoms with van der Waals surface area (Å²) in [6, 6.07) is 3.17. The van der Waals surface area contributed by atoms with Gasteiger partial charge in [0, 0.05) is 6.07 Å². The van der Waals surface area contributed by atoms with Gasteiger partial charge < -0.3 is 19.3 Å². The van der Waals surface area contributed by atoms with E-state index in [4.69, 9.17) is 14.0 Å². The molecule has 1 amide bonds. The number of rotatable bonds is 4. The minimum Gasteiger partial charge on any atom is -0.481 e. The second kappa shape index (κ2) is 5.60. The number of amides is 1. The maximum absolute atomic E-state index is 12.3. The van der Waals surface area contributed by atoms with Crippen molar-refractivity contribution in [3.05, 3.63) is 29.2 Å². The molecular formula is C13H15N3O4. The number of aromatic nitrogens is 2. The van der Waals surface area contributed by atoms with Gasteiger partial charge in [0.25, 0.3) is 5.91 Å². The SMILES string of the molecule is COc1ccc(C(=O)Nc2c(C)noc2C)c(OC)n1. The maximum atomic E-state index is 12.3. The van der Waals surface area contributed by atoms with Crippen molar-refractivity contribution in [3.8, 4) is 11.8 Å². The maximum Gasteiger partial charge on any atom is 0.261 e. The summed E-state index contributed by atoms with van der Waals surface area (Å²) in [5.41, 5.74) is 1.46. The standard InChI is InChI=1S/C13H15N3O4/c1-7-11(8(2)20-16-7)15-12(17)9-5-6-10(18-3)14-13(9)19-4/h5-6H,1-4H3,(H,15,17). The molecule has 2 rings (SSSR count). The summed E-state index contributed by atoms with van der Waals surface area (Å²) in [7, 11) is 2.93. The van der Waals surface area contributed by atoms with Gasteiger partial charge in [-0.2, -0.15) is 4.98 Å². The fourth-order valence-corrected chi connectivity index (χ4v) is 1.71. The summed E-state index contributed by atoms with van der Waals surface area (Å²) in [6.07, 6.45) is 0. The van der Waals surface area contributed by atoms with Crippen LogP contribution in [-0.2, 0) is 0 Å². The van der Waals surface area contributed by atoms with E-state index in [1.807, 2.05) is 0 Å². The van der Waals surface area contributed by atoms with Crippen molar-refractivity contribution >= 4 is 11.6 Å². The molecule has 0 spiro atoms. The molecule has 0 saturated carbocycles. The molecule has 1 N–H and O–H groups in total. The zero-order valence-electron chi connectivity index (χ0n) is 11.7. The molecule has 0 atom stereocenters. The molecule has 106 valence electrons. The Balaban J connectivity index is 2.30. The van der Waals surface area contributed by atoms with E-state index in [1.165, 1.54) is 14.2 Å². The quantitative estimate of drug-likeness (QED) is 0.919. The van der Waals surface area contributed by atoms with Gasteiger partial charge in [-0.25, -0.2) is 0 Å². The van der Waals surface area contributed by atoms with E-state index in [-0.39, 0.29) is 11.8 Å². The second-order valence-electron chi connectivity index (χ2n) is 4.06. The first-order valence-corrected chi connectivity index (χ1v) is 5.90. The number of nitrogens with one attached hydrogen (secondary N) is 1. The zero-order chi connectivity index (χ0) is 14.7. The molecule has 0 aromatic carbocycles. The Morgan fingerprint density at radius 2 is 2.00 bits per heavy atom. The molecule has 7 nitrogen and oxygen atoms in total. The number of ether oxygens (including phenoxy) is 2. The first kappa shape index (κ1) is 13.9. The lowest BCUT2D eigenvalue weighted by molar-refractivity contribution is 0.102. The van der Waals surface area contributed by atoms with Crippen molar-refractivity contribution in [2.24, 2.45) is 0 Å². The highest BCUT2D eigenvalue weighted by molar-refractivity contribution is 6.06. The number of hydrogen-bond donors (Lipinski definition) is 1. The van der Waals surface area contributed by atoms with Gasteiger partial charge in [0.1, 0.15) is 16.9 Å². The summed E-state index contributed by atoms with van der Waals surface area (Å²) in [5, 5.41) is 6.51. The van der Waals surface area contributed by atoms with Crippen molar-refractivity contribution in [2.45, 2.75) is 13.8 Å². The van der Waals surface area contributed by atoms with Crippen LogP contribution >= 0.6 is 0 Å². The van der Waals surface area contributed by atoms with Crippen LogP contribution in [0.15, 0.2) is 16.7 Å². The Kier molecular flexibility index (Phi) is 3.88. The van der Waals surface area contributed by atoms with Gasteiger partial charge in [0.05, 0.1) is 14.2 Å². The highest BCUT2D eigenvalue weighted by Crippen LogP contribution is 2.23. The molecule has 0 unspecified atom stereocenters. The average Bonchev–Trinajstić information content (AvgIpc) is 2.78. The fourth-order valence-electron chi connectivity index (χ4n) is 1.71. The number of methoxy groups -OCH3 is 2. The largest absolute Gasteiger partial charge is 0.481 e. The van der Waals surface area contributed by atoms with Gasteiger partial charge >= 0.3 is 0 Å². The molecule has 0 fully saturated rings. The fraction of sp³-hybridized carbons (Fsp3) is 0.308. The van der Waals surface area contributed by atoms with Crippen LogP contribution in [0.5, 0.6) is 11.8 Å². The van der Waals surface area contributed by atoms with E-state index < -0.39 is 0 Å². The van der Waals surface area contributed by atoms with Crippen molar-refractivity contribution in [1.82, 2.24) is 10.1 Å². The van der Waals surface area contributed by atoms with E-state index in [0.29, 0.717) is 28.6 Å². The first-order chi connectivity index (χ1) is 9.56. The smallest absolute Gasteiger partial charge is 0.261 e. The van der Waals surface area contributed by atoms with E-state index in [0.717, 1.165) is 0 Å². The summed E-state index contributed by atoms with van der Waals surface area (Å²) in [5.74, 6) is 0.743. The van der Waals surface area contributed by atoms with Gasteiger partial charge in [-0.1, -0.05) is 5.16 Å². The molecule has 2 aromatic heterocycles. The highest BCUT2D eigenvalue weighted by atomic mass is 16.5. The van der Waals surface area contributed by atoms with Crippen LogP contribution < -0.4 is 14.8 Å². The molecule has 0 saturated heterocycles. The predicted octanol–water partition coefficient (Wildman–Crippen LogP) is 1.96. The van der Waals surface area contributed by atoms with E-state index >= 15 is 0 Å². The predicted molar refractivity (Wildman–Crippen MR) is 71.3 cm³/mol.